The van der Waals surface area contributed by atoms with Crippen molar-refractivity contribution >= 4 is 18.4 Å². The molecule has 0 fully saturated rings. The lowest BCUT2D eigenvalue weighted by Gasteiger charge is -2.20. The van der Waals surface area contributed by atoms with Gasteiger partial charge in [0.25, 0.3) is 0 Å². The van der Waals surface area contributed by atoms with E-state index in [0.717, 1.165) is 0 Å². The van der Waals surface area contributed by atoms with Gasteiger partial charge in [-0.15, -0.1) is 12.4 Å². The van der Waals surface area contributed by atoms with E-state index in [4.69, 9.17) is 10.8 Å². The molecule has 90 valence electrons. The number of nitrogens with two attached hydrogens (primary N) is 1. The lowest BCUT2D eigenvalue weighted by molar-refractivity contribution is -0.143. The van der Waals surface area contributed by atoms with Gasteiger partial charge in [0.05, 0.1) is 0 Å². The monoisotopic (exact) mass is 243 g/mol. The minimum Gasteiger partial charge on any atom is -0.480 e. The molecule has 0 amide bonds. The highest BCUT2D eigenvalue weighted by Crippen LogP contribution is 2.21. The highest BCUT2D eigenvalue weighted by atomic mass is 35.5. The van der Waals surface area contributed by atoms with E-state index in [2.05, 4.69) is 13.8 Å². The fraction of sp³-hybridized carbons (Fsp3) is 0.417. The first-order valence-electron chi connectivity index (χ1n) is 4.98. The minimum atomic E-state index is -1.31. The molecule has 0 aromatic heterocycles. The van der Waals surface area contributed by atoms with Crippen LogP contribution >= 0.6 is 12.4 Å². The standard InChI is InChI=1S/C12H17NO2.ClH/c1-8(2)9-4-6-10(7-5-9)12(3,13)11(14)15;/h4-8H,13H2,1-3H3,(H,14,15);1H. The Balaban J connectivity index is 0.00000225. The third-order valence-electron chi connectivity index (χ3n) is 2.62. The van der Waals surface area contributed by atoms with Gasteiger partial charge in [0.1, 0.15) is 5.54 Å². The second kappa shape index (κ2) is 5.32. The predicted octanol–water partition coefficient (Wildman–Crippen LogP) is 2.49. The van der Waals surface area contributed by atoms with Crippen molar-refractivity contribution in [1.82, 2.24) is 0 Å². The zero-order valence-electron chi connectivity index (χ0n) is 9.73. The molecule has 0 bridgehead atoms. The van der Waals surface area contributed by atoms with Crippen LogP contribution in [0.2, 0.25) is 0 Å². The second-order valence-electron chi connectivity index (χ2n) is 4.28. The fourth-order valence-electron chi connectivity index (χ4n) is 1.34. The Bertz CT molecular complexity index is 358. The Labute approximate surface area is 102 Å². The van der Waals surface area contributed by atoms with Crippen molar-refractivity contribution < 1.29 is 9.90 Å². The number of rotatable bonds is 3. The molecule has 0 aliphatic carbocycles. The third kappa shape index (κ3) is 2.97. The van der Waals surface area contributed by atoms with Crippen LogP contribution in [0.1, 0.15) is 37.8 Å². The predicted molar refractivity (Wildman–Crippen MR) is 67.0 cm³/mol. The molecule has 3 nitrogen and oxygen atoms in total. The molecule has 0 spiro atoms. The van der Waals surface area contributed by atoms with Crippen molar-refractivity contribution in [1.29, 1.82) is 0 Å². The second-order valence-corrected chi connectivity index (χ2v) is 4.28. The normalized spacial score (nSPS) is 14.1. The molecule has 0 heterocycles. The van der Waals surface area contributed by atoms with Crippen molar-refractivity contribution in [2.24, 2.45) is 5.73 Å². The van der Waals surface area contributed by atoms with Crippen LogP contribution in [-0.2, 0) is 10.3 Å². The maximum atomic E-state index is 10.9. The molecule has 16 heavy (non-hydrogen) atoms. The molecule has 0 aliphatic heterocycles. The van der Waals surface area contributed by atoms with E-state index >= 15 is 0 Å². The Morgan fingerprint density at radius 3 is 2.06 bits per heavy atom. The first-order chi connectivity index (χ1) is 6.85. The molecule has 0 saturated heterocycles. The van der Waals surface area contributed by atoms with Gasteiger partial charge in [-0.2, -0.15) is 0 Å². The number of halogens is 1. The molecule has 1 rings (SSSR count). The summed E-state index contributed by atoms with van der Waals surface area (Å²) in [6, 6.07) is 7.41. The van der Waals surface area contributed by atoms with Gasteiger partial charge in [0.15, 0.2) is 0 Å². The number of benzene rings is 1. The van der Waals surface area contributed by atoms with Crippen molar-refractivity contribution in [3.8, 4) is 0 Å². The van der Waals surface area contributed by atoms with E-state index in [1.807, 2.05) is 12.1 Å². The van der Waals surface area contributed by atoms with Gasteiger partial charge in [-0.05, 0) is 24.0 Å². The Morgan fingerprint density at radius 2 is 1.75 bits per heavy atom. The summed E-state index contributed by atoms with van der Waals surface area (Å²) in [6.07, 6.45) is 0. The molecule has 1 aromatic rings. The lowest BCUT2D eigenvalue weighted by Crippen LogP contribution is -2.41. The topological polar surface area (TPSA) is 63.3 Å². The van der Waals surface area contributed by atoms with Crippen molar-refractivity contribution in [2.45, 2.75) is 32.2 Å². The number of carbonyl (C=O) groups is 1. The van der Waals surface area contributed by atoms with Gasteiger partial charge in [0.2, 0.25) is 0 Å². The largest absolute Gasteiger partial charge is 0.480 e. The Morgan fingerprint density at radius 1 is 1.31 bits per heavy atom. The molecular formula is C12H18ClNO2. The van der Waals surface area contributed by atoms with E-state index < -0.39 is 11.5 Å². The molecule has 4 heteroatoms. The van der Waals surface area contributed by atoms with Gasteiger partial charge >= 0.3 is 5.97 Å². The van der Waals surface area contributed by atoms with Crippen LogP contribution in [0, 0.1) is 0 Å². The van der Waals surface area contributed by atoms with Crippen LogP contribution in [0.3, 0.4) is 0 Å². The first kappa shape index (κ1) is 14.9. The van der Waals surface area contributed by atoms with Gasteiger partial charge in [-0.25, -0.2) is 4.79 Å². The Hall–Kier alpha value is -1.06. The summed E-state index contributed by atoms with van der Waals surface area (Å²) in [5, 5.41) is 8.95. The van der Waals surface area contributed by atoms with Crippen LogP contribution in [-0.4, -0.2) is 11.1 Å². The molecule has 0 radical (unpaired) electrons. The van der Waals surface area contributed by atoms with Gasteiger partial charge < -0.3 is 10.8 Å². The van der Waals surface area contributed by atoms with Crippen LogP contribution in [0.15, 0.2) is 24.3 Å². The van der Waals surface area contributed by atoms with E-state index in [1.165, 1.54) is 12.5 Å². The highest BCUT2D eigenvalue weighted by molar-refractivity contribution is 5.85. The van der Waals surface area contributed by atoms with Crippen molar-refractivity contribution in [3.63, 3.8) is 0 Å². The van der Waals surface area contributed by atoms with Gasteiger partial charge in [-0.1, -0.05) is 38.1 Å². The molecule has 1 aromatic carbocycles. The SMILES string of the molecule is CC(C)c1ccc(C(C)(N)C(=O)O)cc1.Cl. The minimum absolute atomic E-state index is 0. The average molecular weight is 244 g/mol. The Kier molecular flexibility index (Phi) is 4.97. The number of aliphatic carboxylic acids is 1. The number of hydrogen-bond donors (Lipinski definition) is 2. The van der Waals surface area contributed by atoms with E-state index in [9.17, 15) is 4.79 Å². The summed E-state index contributed by atoms with van der Waals surface area (Å²) < 4.78 is 0. The molecule has 0 aliphatic rings. The summed E-state index contributed by atoms with van der Waals surface area (Å²) in [5.41, 5.74) is 6.20. The molecule has 3 N–H and O–H groups in total. The number of carboxylic acids is 1. The fourth-order valence-corrected chi connectivity index (χ4v) is 1.34. The van der Waals surface area contributed by atoms with E-state index in [-0.39, 0.29) is 12.4 Å². The van der Waals surface area contributed by atoms with Crippen LogP contribution in [0.4, 0.5) is 0 Å². The lowest BCUT2D eigenvalue weighted by atomic mass is 9.91. The molecular weight excluding hydrogens is 226 g/mol. The van der Waals surface area contributed by atoms with Crippen LogP contribution < -0.4 is 5.73 Å². The average Bonchev–Trinajstić information content (AvgIpc) is 2.17. The maximum Gasteiger partial charge on any atom is 0.328 e. The molecule has 0 saturated carbocycles. The first-order valence-corrected chi connectivity index (χ1v) is 4.98. The summed E-state index contributed by atoms with van der Waals surface area (Å²) in [7, 11) is 0. The zero-order valence-corrected chi connectivity index (χ0v) is 10.5. The molecule has 1 unspecified atom stereocenters. The van der Waals surface area contributed by atoms with E-state index in [0.29, 0.717) is 11.5 Å². The van der Waals surface area contributed by atoms with Crippen LogP contribution in [0.25, 0.3) is 0 Å². The summed E-state index contributed by atoms with van der Waals surface area (Å²) in [5.74, 6) is -0.576. The summed E-state index contributed by atoms with van der Waals surface area (Å²) in [4.78, 5) is 10.9. The highest BCUT2D eigenvalue weighted by Gasteiger charge is 2.29. The smallest absolute Gasteiger partial charge is 0.328 e. The molecule has 1 atom stereocenters. The number of carboxylic acid groups (broad SMARTS) is 1. The van der Waals surface area contributed by atoms with Crippen LogP contribution in [0.5, 0.6) is 0 Å². The maximum absolute atomic E-state index is 10.9. The van der Waals surface area contributed by atoms with Gasteiger partial charge in [0, 0.05) is 0 Å². The van der Waals surface area contributed by atoms with Crippen molar-refractivity contribution in [2.75, 3.05) is 0 Å². The summed E-state index contributed by atoms with van der Waals surface area (Å²) >= 11 is 0. The third-order valence-corrected chi connectivity index (χ3v) is 2.62. The number of hydrogen-bond acceptors (Lipinski definition) is 2. The summed E-state index contributed by atoms with van der Waals surface area (Å²) in [6.45, 7) is 5.68. The van der Waals surface area contributed by atoms with E-state index in [1.54, 1.807) is 12.1 Å². The van der Waals surface area contributed by atoms with Gasteiger partial charge in [-0.3, -0.25) is 0 Å². The zero-order chi connectivity index (χ0) is 11.6. The quantitative estimate of drug-likeness (QED) is 0.857. The van der Waals surface area contributed by atoms with Crippen molar-refractivity contribution in [3.05, 3.63) is 35.4 Å².